The van der Waals surface area contributed by atoms with Crippen LogP contribution in [-0.4, -0.2) is 55.0 Å². The molecule has 0 fully saturated rings. The number of benzene rings is 1. The Morgan fingerprint density at radius 2 is 2.04 bits per heavy atom. The first-order valence-electron chi connectivity index (χ1n) is 9.43. The number of carbonyl (C=O) groups excluding carboxylic acids is 2. The number of amides is 2. The van der Waals surface area contributed by atoms with Crippen molar-refractivity contribution < 1.29 is 18.7 Å². The van der Waals surface area contributed by atoms with Crippen LogP contribution >= 0.6 is 11.3 Å². The van der Waals surface area contributed by atoms with E-state index in [0.29, 0.717) is 13.1 Å². The molecule has 0 bridgehead atoms. The summed E-state index contributed by atoms with van der Waals surface area (Å²) in [7, 11) is 1.47. The highest BCUT2D eigenvalue weighted by Crippen LogP contribution is 2.37. The Labute approximate surface area is 168 Å². The van der Waals surface area contributed by atoms with Gasteiger partial charge in [-0.05, 0) is 47.5 Å². The zero-order chi connectivity index (χ0) is 20.1. The number of thiophene rings is 1. The molecule has 0 saturated carbocycles. The lowest BCUT2D eigenvalue weighted by molar-refractivity contribution is -0.143. The molecule has 2 heterocycles. The van der Waals surface area contributed by atoms with Gasteiger partial charge in [0.15, 0.2) is 0 Å². The second-order valence-electron chi connectivity index (χ2n) is 6.84. The van der Waals surface area contributed by atoms with Crippen molar-refractivity contribution in [2.24, 2.45) is 0 Å². The van der Waals surface area contributed by atoms with Crippen molar-refractivity contribution in [1.29, 1.82) is 0 Å². The highest BCUT2D eigenvalue weighted by atomic mass is 32.1. The van der Waals surface area contributed by atoms with Crippen molar-refractivity contribution >= 4 is 23.2 Å². The molecule has 0 N–H and O–H groups in total. The predicted octanol–water partition coefficient (Wildman–Crippen LogP) is 3.25. The molecular weight excluding hydrogens is 379 g/mol. The van der Waals surface area contributed by atoms with E-state index < -0.39 is 0 Å². The van der Waals surface area contributed by atoms with Crippen LogP contribution in [0.2, 0.25) is 0 Å². The monoisotopic (exact) mass is 404 g/mol. The topological polar surface area (TPSA) is 49.9 Å². The minimum absolute atomic E-state index is 0.0210. The molecule has 2 aromatic rings. The van der Waals surface area contributed by atoms with Crippen LogP contribution in [0.4, 0.5) is 4.39 Å². The first-order valence-corrected chi connectivity index (χ1v) is 10.3. The van der Waals surface area contributed by atoms with Crippen LogP contribution < -0.4 is 0 Å². The van der Waals surface area contributed by atoms with Crippen LogP contribution in [0.1, 0.15) is 35.4 Å². The maximum atomic E-state index is 13.4. The van der Waals surface area contributed by atoms with E-state index in [1.807, 2.05) is 23.3 Å². The van der Waals surface area contributed by atoms with E-state index in [4.69, 9.17) is 4.74 Å². The van der Waals surface area contributed by atoms with Crippen molar-refractivity contribution in [2.45, 2.75) is 25.8 Å². The summed E-state index contributed by atoms with van der Waals surface area (Å²) in [6, 6.07) is 8.07. The van der Waals surface area contributed by atoms with Crippen molar-refractivity contribution in [2.75, 3.05) is 33.4 Å². The van der Waals surface area contributed by atoms with Gasteiger partial charge in [0.1, 0.15) is 12.4 Å². The Bertz CT molecular complexity index is 821. The van der Waals surface area contributed by atoms with Crippen molar-refractivity contribution in [3.63, 3.8) is 0 Å². The van der Waals surface area contributed by atoms with Gasteiger partial charge in [0.25, 0.3) is 0 Å². The van der Waals surface area contributed by atoms with Crippen LogP contribution in [0.5, 0.6) is 0 Å². The fraction of sp³-hybridized carbons (Fsp3) is 0.429. The number of rotatable bonds is 7. The van der Waals surface area contributed by atoms with Gasteiger partial charge < -0.3 is 14.5 Å². The summed E-state index contributed by atoms with van der Waals surface area (Å²) in [6.45, 7) is 3.04. The van der Waals surface area contributed by atoms with Gasteiger partial charge in [0, 0.05) is 25.1 Å². The fourth-order valence-electron chi connectivity index (χ4n) is 3.62. The standard InChI is InChI=1S/C21H25FN2O3S/c1-3-10-23(20(26)14-27-2)13-19(25)24-11-8-18-17(9-12-28-18)21(24)15-4-6-16(22)7-5-15/h4-7,9,12,21H,3,8,10-11,13-14H2,1-2H3/t21-/m0/s1. The number of fused-ring (bicyclic) bond motifs is 1. The molecule has 2 amide bonds. The lowest BCUT2D eigenvalue weighted by atomic mass is 9.93. The molecule has 1 aliphatic rings. The van der Waals surface area contributed by atoms with Crippen LogP contribution in [0, 0.1) is 5.82 Å². The van der Waals surface area contributed by atoms with Crippen molar-refractivity contribution in [3.05, 3.63) is 57.5 Å². The Balaban J connectivity index is 1.87. The molecule has 1 aromatic heterocycles. The first-order chi connectivity index (χ1) is 13.5. The lowest BCUT2D eigenvalue weighted by Gasteiger charge is -2.37. The van der Waals surface area contributed by atoms with E-state index in [0.717, 1.165) is 24.0 Å². The van der Waals surface area contributed by atoms with Gasteiger partial charge >= 0.3 is 0 Å². The molecule has 5 nitrogen and oxygen atoms in total. The number of ether oxygens (including phenoxy) is 1. The quantitative estimate of drug-likeness (QED) is 0.712. The van der Waals surface area contributed by atoms with Crippen molar-refractivity contribution in [1.82, 2.24) is 9.80 Å². The molecule has 1 aliphatic heterocycles. The van der Waals surface area contributed by atoms with E-state index >= 15 is 0 Å². The van der Waals surface area contributed by atoms with E-state index in [-0.39, 0.29) is 36.8 Å². The third kappa shape index (κ3) is 4.42. The van der Waals surface area contributed by atoms with Gasteiger partial charge in [-0.1, -0.05) is 19.1 Å². The Morgan fingerprint density at radius 1 is 1.29 bits per heavy atom. The molecule has 7 heteroatoms. The van der Waals surface area contributed by atoms with Gasteiger partial charge in [-0.25, -0.2) is 4.39 Å². The summed E-state index contributed by atoms with van der Waals surface area (Å²) in [5.74, 6) is -0.601. The Kier molecular flexibility index (Phi) is 6.80. The lowest BCUT2D eigenvalue weighted by Crippen LogP contribution is -2.47. The summed E-state index contributed by atoms with van der Waals surface area (Å²) < 4.78 is 18.4. The second-order valence-corrected chi connectivity index (χ2v) is 7.84. The van der Waals surface area contributed by atoms with E-state index in [9.17, 15) is 14.0 Å². The predicted molar refractivity (Wildman–Crippen MR) is 107 cm³/mol. The maximum Gasteiger partial charge on any atom is 0.249 e. The molecule has 150 valence electrons. The van der Waals surface area contributed by atoms with Gasteiger partial charge in [-0.15, -0.1) is 11.3 Å². The molecule has 0 saturated heterocycles. The van der Waals surface area contributed by atoms with Crippen LogP contribution in [0.25, 0.3) is 0 Å². The smallest absolute Gasteiger partial charge is 0.249 e. The molecule has 0 unspecified atom stereocenters. The number of hydrogen-bond donors (Lipinski definition) is 0. The average molecular weight is 405 g/mol. The summed E-state index contributed by atoms with van der Waals surface area (Å²) >= 11 is 1.68. The maximum absolute atomic E-state index is 13.4. The summed E-state index contributed by atoms with van der Waals surface area (Å²) in [4.78, 5) is 30.1. The van der Waals surface area contributed by atoms with Crippen LogP contribution in [0.3, 0.4) is 0 Å². The van der Waals surface area contributed by atoms with Crippen LogP contribution in [0.15, 0.2) is 35.7 Å². The number of halogens is 1. The molecule has 1 atom stereocenters. The normalized spacial score (nSPS) is 16.0. The van der Waals surface area contributed by atoms with E-state index in [1.54, 1.807) is 28.4 Å². The molecule has 28 heavy (non-hydrogen) atoms. The molecule has 0 radical (unpaired) electrons. The molecule has 0 spiro atoms. The Morgan fingerprint density at radius 3 is 2.71 bits per heavy atom. The summed E-state index contributed by atoms with van der Waals surface area (Å²) in [5, 5.41) is 2.03. The number of hydrogen-bond acceptors (Lipinski definition) is 4. The molecular formula is C21H25FN2O3S. The van der Waals surface area contributed by atoms with Crippen LogP contribution in [-0.2, 0) is 20.7 Å². The Hall–Kier alpha value is -2.25. The van der Waals surface area contributed by atoms with E-state index in [1.165, 1.54) is 24.1 Å². The minimum atomic E-state index is -0.303. The van der Waals surface area contributed by atoms with Crippen molar-refractivity contribution in [3.8, 4) is 0 Å². The highest BCUT2D eigenvalue weighted by Gasteiger charge is 2.33. The van der Waals surface area contributed by atoms with E-state index in [2.05, 4.69) is 0 Å². The summed E-state index contributed by atoms with van der Waals surface area (Å²) in [6.07, 6.45) is 1.55. The molecule has 3 rings (SSSR count). The third-order valence-electron chi connectivity index (χ3n) is 4.91. The zero-order valence-electron chi connectivity index (χ0n) is 16.2. The molecule has 1 aromatic carbocycles. The van der Waals surface area contributed by atoms with Gasteiger partial charge in [0.05, 0.1) is 12.6 Å². The first kappa shape index (κ1) is 20.5. The summed E-state index contributed by atoms with van der Waals surface area (Å²) in [5.41, 5.74) is 1.96. The van der Waals surface area contributed by atoms with Gasteiger partial charge in [0.2, 0.25) is 11.8 Å². The molecule has 0 aliphatic carbocycles. The van der Waals surface area contributed by atoms with Gasteiger partial charge in [-0.2, -0.15) is 0 Å². The average Bonchev–Trinajstić information content (AvgIpc) is 3.16. The third-order valence-corrected chi connectivity index (χ3v) is 5.91. The second kappa shape index (κ2) is 9.30. The number of methoxy groups -OCH3 is 1. The largest absolute Gasteiger partial charge is 0.375 e. The minimum Gasteiger partial charge on any atom is -0.375 e. The van der Waals surface area contributed by atoms with Gasteiger partial charge in [-0.3, -0.25) is 9.59 Å². The fourth-order valence-corrected chi connectivity index (χ4v) is 4.52. The SMILES string of the molecule is CCCN(CC(=O)N1CCc2sccc2[C@@H]1c1ccc(F)cc1)C(=O)COC. The highest BCUT2D eigenvalue weighted by molar-refractivity contribution is 7.10. The number of carbonyl (C=O) groups is 2. The number of nitrogens with zero attached hydrogens (tertiary/aromatic N) is 2. The zero-order valence-corrected chi connectivity index (χ0v) is 17.0.